The lowest BCUT2D eigenvalue weighted by molar-refractivity contribution is -0.137. The van der Waals surface area contributed by atoms with E-state index in [1.54, 1.807) is 13.8 Å². The minimum Gasteiger partial charge on any atom is -0.489 e. The van der Waals surface area contributed by atoms with Gasteiger partial charge in [-0.05, 0) is 26.0 Å². The van der Waals surface area contributed by atoms with Crippen molar-refractivity contribution in [3.05, 3.63) is 23.8 Å². The molecule has 15 heavy (non-hydrogen) atoms. The van der Waals surface area contributed by atoms with Gasteiger partial charge in [-0.3, -0.25) is 0 Å². The molecule has 5 heteroatoms. The Morgan fingerprint density at radius 1 is 1.27 bits per heavy atom. The molecule has 0 saturated heterocycles. The zero-order valence-electron chi connectivity index (χ0n) is 8.43. The second-order valence-corrected chi connectivity index (χ2v) is 3.38. The molecule has 2 N–H and O–H groups in total. The highest BCUT2D eigenvalue weighted by Gasteiger charge is 2.33. The van der Waals surface area contributed by atoms with E-state index in [9.17, 15) is 13.2 Å². The standard InChI is InChI=1S/C10H12F3NO/c1-6(2)15-8-5-3-4-7(9(8)14)10(11,12)13/h3-6H,14H2,1-2H3. The van der Waals surface area contributed by atoms with Crippen LogP contribution in [0.2, 0.25) is 0 Å². The van der Waals surface area contributed by atoms with Gasteiger partial charge in [0.05, 0.1) is 17.4 Å². The summed E-state index contributed by atoms with van der Waals surface area (Å²) in [5.41, 5.74) is 4.15. The van der Waals surface area contributed by atoms with E-state index in [4.69, 9.17) is 10.5 Å². The third-order valence-electron chi connectivity index (χ3n) is 1.73. The summed E-state index contributed by atoms with van der Waals surface area (Å²) in [6, 6.07) is 3.63. The Labute approximate surface area is 85.8 Å². The molecule has 0 atom stereocenters. The Balaban J connectivity index is 3.12. The van der Waals surface area contributed by atoms with E-state index < -0.39 is 11.7 Å². The number of rotatable bonds is 2. The van der Waals surface area contributed by atoms with Gasteiger partial charge in [-0.1, -0.05) is 6.07 Å². The summed E-state index contributed by atoms with van der Waals surface area (Å²) in [5.74, 6) is 0.0693. The van der Waals surface area contributed by atoms with Gasteiger partial charge in [-0.25, -0.2) is 0 Å². The maximum atomic E-state index is 12.4. The first-order chi connectivity index (χ1) is 6.82. The van der Waals surface area contributed by atoms with Crippen LogP contribution in [0.25, 0.3) is 0 Å². The van der Waals surface area contributed by atoms with Crippen LogP contribution in [-0.4, -0.2) is 6.10 Å². The summed E-state index contributed by atoms with van der Waals surface area (Å²) >= 11 is 0. The lowest BCUT2D eigenvalue weighted by Gasteiger charge is -2.15. The zero-order chi connectivity index (χ0) is 11.6. The summed E-state index contributed by atoms with van der Waals surface area (Å²) < 4.78 is 42.4. The fourth-order valence-corrected chi connectivity index (χ4v) is 1.15. The molecule has 84 valence electrons. The molecule has 0 amide bonds. The summed E-state index contributed by atoms with van der Waals surface area (Å²) in [6.07, 6.45) is -4.66. The highest BCUT2D eigenvalue weighted by molar-refractivity contribution is 5.59. The number of ether oxygens (including phenoxy) is 1. The Hall–Kier alpha value is -1.39. The number of nitrogen functional groups attached to an aromatic ring is 1. The molecule has 1 aromatic rings. The minimum atomic E-state index is -4.44. The highest BCUT2D eigenvalue weighted by Crippen LogP contribution is 2.37. The van der Waals surface area contributed by atoms with Crippen LogP contribution >= 0.6 is 0 Å². The van der Waals surface area contributed by atoms with Gasteiger partial charge >= 0.3 is 6.18 Å². The molecule has 0 unspecified atom stereocenters. The molecule has 0 aliphatic heterocycles. The largest absolute Gasteiger partial charge is 0.489 e. The highest BCUT2D eigenvalue weighted by atomic mass is 19.4. The number of hydrogen-bond acceptors (Lipinski definition) is 2. The van der Waals surface area contributed by atoms with Crippen molar-refractivity contribution >= 4 is 5.69 Å². The summed E-state index contributed by atoms with van der Waals surface area (Å²) in [6.45, 7) is 3.44. The Bertz CT molecular complexity index is 347. The van der Waals surface area contributed by atoms with Crippen molar-refractivity contribution < 1.29 is 17.9 Å². The number of benzene rings is 1. The molecule has 0 aromatic heterocycles. The summed E-state index contributed by atoms with van der Waals surface area (Å²) in [7, 11) is 0. The van der Waals surface area contributed by atoms with Gasteiger partial charge in [0.15, 0.2) is 0 Å². The van der Waals surface area contributed by atoms with E-state index in [0.717, 1.165) is 6.07 Å². The van der Waals surface area contributed by atoms with E-state index in [-0.39, 0.29) is 17.5 Å². The molecule has 0 saturated carbocycles. The molecular weight excluding hydrogens is 207 g/mol. The average molecular weight is 219 g/mol. The Morgan fingerprint density at radius 3 is 2.33 bits per heavy atom. The first kappa shape index (κ1) is 11.7. The quantitative estimate of drug-likeness (QED) is 0.776. The van der Waals surface area contributed by atoms with E-state index >= 15 is 0 Å². The third-order valence-corrected chi connectivity index (χ3v) is 1.73. The zero-order valence-corrected chi connectivity index (χ0v) is 8.43. The smallest absolute Gasteiger partial charge is 0.418 e. The average Bonchev–Trinajstić information content (AvgIpc) is 2.05. The second kappa shape index (κ2) is 4.00. The van der Waals surface area contributed by atoms with Crippen LogP contribution in [0.3, 0.4) is 0 Å². The number of alkyl halides is 3. The van der Waals surface area contributed by atoms with Gasteiger partial charge < -0.3 is 10.5 Å². The van der Waals surface area contributed by atoms with Crippen LogP contribution in [-0.2, 0) is 6.18 Å². The fraction of sp³-hybridized carbons (Fsp3) is 0.400. The third kappa shape index (κ3) is 2.78. The maximum Gasteiger partial charge on any atom is 0.418 e. The van der Waals surface area contributed by atoms with Gasteiger partial charge in [0.25, 0.3) is 0 Å². The normalized spacial score (nSPS) is 11.9. The first-order valence-corrected chi connectivity index (χ1v) is 4.44. The lowest BCUT2D eigenvalue weighted by atomic mass is 10.1. The molecular formula is C10H12F3NO. The van der Waals surface area contributed by atoms with Crippen molar-refractivity contribution in [2.75, 3.05) is 5.73 Å². The minimum absolute atomic E-state index is 0.0693. The van der Waals surface area contributed by atoms with Crippen LogP contribution < -0.4 is 10.5 Å². The number of halogens is 3. The van der Waals surface area contributed by atoms with Crippen LogP contribution in [0.5, 0.6) is 5.75 Å². The Kier molecular flexibility index (Phi) is 3.12. The van der Waals surface area contributed by atoms with Crippen LogP contribution in [0.15, 0.2) is 18.2 Å². The molecule has 0 heterocycles. The predicted molar refractivity (Wildman–Crippen MR) is 51.6 cm³/mol. The molecule has 0 bridgehead atoms. The van der Waals surface area contributed by atoms with E-state index in [1.165, 1.54) is 12.1 Å². The van der Waals surface area contributed by atoms with E-state index in [2.05, 4.69) is 0 Å². The number of para-hydroxylation sites is 1. The van der Waals surface area contributed by atoms with Crippen molar-refractivity contribution in [2.45, 2.75) is 26.1 Å². The maximum absolute atomic E-state index is 12.4. The molecule has 0 aliphatic rings. The van der Waals surface area contributed by atoms with Gasteiger partial charge in [-0.15, -0.1) is 0 Å². The van der Waals surface area contributed by atoms with Gasteiger partial charge in [0, 0.05) is 0 Å². The van der Waals surface area contributed by atoms with Crippen LogP contribution in [0.4, 0.5) is 18.9 Å². The number of nitrogens with two attached hydrogens (primary N) is 1. The fourth-order valence-electron chi connectivity index (χ4n) is 1.15. The van der Waals surface area contributed by atoms with Crippen molar-refractivity contribution in [3.8, 4) is 5.75 Å². The van der Waals surface area contributed by atoms with Crippen LogP contribution in [0, 0.1) is 0 Å². The SMILES string of the molecule is CC(C)Oc1cccc(C(F)(F)F)c1N. The van der Waals surface area contributed by atoms with Crippen molar-refractivity contribution in [2.24, 2.45) is 0 Å². The molecule has 1 rings (SSSR count). The molecule has 2 nitrogen and oxygen atoms in total. The lowest BCUT2D eigenvalue weighted by Crippen LogP contribution is -2.12. The molecule has 0 radical (unpaired) electrons. The monoisotopic (exact) mass is 219 g/mol. The van der Waals surface area contributed by atoms with Gasteiger partial charge in [0.2, 0.25) is 0 Å². The molecule has 1 aromatic carbocycles. The molecule has 0 aliphatic carbocycles. The number of hydrogen-bond donors (Lipinski definition) is 1. The van der Waals surface area contributed by atoms with Crippen LogP contribution in [0.1, 0.15) is 19.4 Å². The number of anilines is 1. The first-order valence-electron chi connectivity index (χ1n) is 4.44. The van der Waals surface area contributed by atoms with Crippen molar-refractivity contribution in [1.29, 1.82) is 0 Å². The predicted octanol–water partition coefficient (Wildman–Crippen LogP) is 3.07. The van der Waals surface area contributed by atoms with E-state index in [1.807, 2.05) is 0 Å². The summed E-state index contributed by atoms with van der Waals surface area (Å²) in [5, 5.41) is 0. The Morgan fingerprint density at radius 2 is 1.87 bits per heavy atom. The topological polar surface area (TPSA) is 35.2 Å². The van der Waals surface area contributed by atoms with Gasteiger partial charge in [-0.2, -0.15) is 13.2 Å². The van der Waals surface area contributed by atoms with Gasteiger partial charge in [0.1, 0.15) is 5.75 Å². The second-order valence-electron chi connectivity index (χ2n) is 3.38. The van der Waals surface area contributed by atoms with Crippen molar-refractivity contribution in [1.82, 2.24) is 0 Å². The van der Waals surface area contributed by atoms with E-state index in [0.29, 0.717) is 0 Å². The molecule has 0 fully saturated rings. The summed E-state index contributed by atoms with van der Waals surface area (Å²) in [4.78, 5) is 0. The van der Waals surface area contributed by atoms with Crippen molar-refractivity contribution in [3.63, 3.8) is 0 Å². The molecule has 0 spiro atoms.